The van der Waals surface area contributed by atoms with Crippen LogP contribution in [0.3, 0.4) is 0 Å². The smallest absolute Gasteiger partial charge is 0.122 e. The van der Waals surface area contributed by atoms with Crippen molar-refractivity contribution < 1.29 is 9.84 Å². The van der Waals surface area contributed by atoms with E-state index in [1.807, 2.05) is 13.8 Å². The van der Waals surface area contributed by atoms with E-state index in [1.54, 1.807) is 6.07 Å². The van der Waals surface area contributed by atoms with Gasteiger partial charge in [0.05, 0.1) is 12.7 Å². The van der Waals surface area contributed by atoms with Gasteiger partial charge in [0.25, 0.3) is 0 Å². The molecule has 0 amide bonds. The minimum Gasteiger partial charge on any atom is -0.508 e. The third-order valence-electron chi connectivity index (χ3n) is 2.96. The zero-order chi connectivity index (χ0) is 11.7. The van der Waals surface area contributed by atoms with E-state index in [2.05, 4.69) is 5.32 Å². The summed E-state index contributed by atoms with van der Waals surface area (Å²) in [6.07, 6.45) is -0.105. The van der Waals surface area contributed by atoms with Gasteiger partial charge < -0.3 is 15.2 Å². The number of rotatable bonds is 1. The molecule has 2 N–H and O–H groups in total. The molecule has 0 aromatic heterocycles. The molecule has 1 heterocycles. The van der Waals surface area contributed by atoms with Gasteiger partial charge in [-0.2, -0.15) is 0 Å². The minimum absolute atomic E-state index is 0.105. The average molecular weight is 242 g/mol. The van der Waals surface area contributed by atoms with Crippen molar-refractivity contribution in [2.24, 2.45) is 0 Å². The molecule has 4 heteroatoms. The molecule has 88 valence electrons. The Morgan fingerprint density at radius 1 is 1.50 bits per heavy atom. The highest BCUT2D eigenvalue weighted by molar-refractivity contribution is 6.32. The van der Waals surface area contributed by atoms with Crippen LogP contribution in [0.15, 0.2) is 6.07 Å². The van der Waals surface area contributed by atoms with Crippen LogP contribution in [0, 0.1) is 13.8 Å². The summed E-state index contributed by atoms with van der Waals surface area (Å²) in [5, 5.41) is 13.9. The number of aryl methyl sites for hydroxylation is 1. The fraction of sp³-hybridized carbons (Fsp3) is 0.500. The van der Waals surface area contributed by atoms with E-state index in [4.69, 9.17) is 16.3 Å². The fourth-order valence-corrected chi connectivity index (χ4v) is 2.27. The first-order valence-electron chi connectivity index (χ1n) is 5.42. The van der Waals surface area contributed by atoms with Crippen molar-refractivity contribution in [3.05, 3.63) is 27.8 Å². The summed E-state index contributed by atoms with van der Waals surface area (Å²) < 4.78 is 5.64. The molecule has 1 aliphatic heterocycles. The minimum atomic E-state index is -0.105. The van der Waals surface area contributed by atoms with E-state index in [-0.39, 0.29) is 11.9 Å². The number of benzene rings is 1. The van der Waals surface area contributed by atoms with Crippen molar-refractivity contribution in [1.82, 2.24) is 5.32 Å². The number of hydrogen-bond donors (Lipinski definition) is 2. The Balaban J connectivity index is 2.42. The fourth-order valence-electron chi connectivity index (χ4n) is 2.11. The summed E-state index contributed by atoms with van der Waals surface area (Å²) in [4.78, 5) is 0. The van der Waals surface area contributed by atoms with E-state index in [9.17, 15) is 5.11 Å². The van der Waals surface area contributed by atoms with Gasteiger partial charge in [-0.25, -0.2) is 0 Å². The van der Waals surface area contributed by atoms with Crippen molar-refractivity contribution >= 4 is 11.6 Å². The predicted octanol–water partition coefficient (Wildman–Crippen LogP) is 2.32. The summed E-state index contributed by atoms with van der Waals surface area (Å²) in [7, 11) is 0. The third kappa shape index (κ3) is 2.03. The number of hydrogen-bond acceptors (Lipinski definition) is 3. The van der Waals surface area contributed by atoms with Gasteiger partial charge in [0.2, 0.25) is 0 Å². The molecule has 0 radical (unpaired) electrons. The molecule has 0 spiro atoms. The highest BCUT2D eigenvalue weighted by atomic mass is 35.5. The summed E-state index contributed by atoms with van der Waals surface area (Å²) in [6.45, 7) is 6.04. The maximum Gasteiger partial charge on any atom is 0.122 e. The molecule has 0 bridgehead atoms. The van der Waals surface area contributed by atoms with Crippen LogP contribution < -0.4 is 5.32 Å². The normalized spacial score (nSPS) is 21.1. The van der Waals surface area contributed by atoms with Crippen LogP contribution in [0.2, 0.25) is 5.02 Å². The van der Waals surface area contributed by atoms with Crippen LogP contribution in [-0.4, -0.2) is 24.8 Å². The standard InChI is InChI=1S/C12H16ClNO2/c1-7-5-9(15)11(8(2)12(7)13)10-6-14-3-4-16-10/h5,10,14-15H,3-4,6H2,1-2H3. The Labute approximate surface area is 100 Å². The second-order valence-electron chi connectivity index (χ2n) is 4.13. The average Bonchev–Trinajstić information content (AvgIpc) is 2.28. The zero-order valence-electron chi connectivity index (χ0n) is 9.51. The Kier molecular flexibility index (Phi) is 3.38. The number of phenolic OH excluding ortho intramolecular Hbond substituents is 1. The van der Waals surface area contributed by atoms with E-state index in [1.165, 1.54) is 0 Å². The predicted molar refractivity (Wildman–Crippen MR) is 64.2 cm³/mol. The molecule has 1 aromatic carbocycles. The maximum atomic E-state index is 9.98. The number of nitrogens with one attached hydrogen (secondary N) is 1. The monoisotopic (exact) mass is 241 g/mol. The number of morpholine rings is 1. The Morgan fingerprint density at radius 2 is 2.25 bits per heavy atom. The molecule has 1 aromatic rings. The van der Waals surface area contributed by atoms with Gasteiger partial charge in [-0.3, -0.25) is 0 Å². The van der Waals surface area contributed by atoms with E-state index in [0.29, 0.717) is 18.2 Å². The van der Waals surface area contributed by atoms with Gasteiger partial charge in [-0.05, 0) is 31.0 Å². The number of halogens is 1. The molecule has 2 rings (SSSR count). The number of phenols is 1. The third-order valence-corrected chi connectivity index (χ3v) is 3.54. The largest absolute Gasteiger partial charge is 0.508 e. The lowest BCUT2D eigenvalue weighted by Gasteiger charge is -2.26. The molecule has 0 saturated carbocycles. The van der Waals surface area contributed by atoms with Gasteiger partial charge in [-0.1, -0.05) is 11.6 Å². The van der Waals surface area contributed by atoms with Crippen LogP contribution in [0.25, 0.3) is 0 Å². The molecule has 1 unspecified atom stereocenters. The molecular formula is C12H16ClNO2. The summed E-state index contributed by atoms with van der Waals surface area (Å²) in [5.41, 5.74) is 2.61. The van der Waals surface area contributed by atoms with Crippen LogP contribution in [-0.2, 0) is 4.74 Å². The van der Waals surface area contributed by atoms with E-state index in [0.717, 1.165) is 23.2 Å². The lowest BCUT2D eigenvalue weighted by Crippen LogP contribution is -2.33. The van der Waals surface area contributed by atoms with Gasteiger partial charge in [0, 0.05) is 23.7 Å². The van der Waals surface area contributed by atoms with Crippen LogP contribution in [0.5, 0.6) is 5.75 Å². The molecule has 3 nitrogen and oxygen atoms in total. The zero-order valence-corrected chi connectivity index (χ0v) is 10.3. The molecule has 1 saturated heterocycles. The SMILES string of the molecule is Cc1cc(O)c(C2CNCCO2)c(C)c1Cl. The highest BCUT2D eigenvalue weighted by Crippen LogP contribution is 2.36. The van der Waals surface area contributed by atoms with Gasteiger partial charge >= 0.3 is 0 Å². The van der Waals surface area contributed by atoms with Crippen LogP contribution in [0.4, 0.5) is 0 Å². The second-order valence-corrected chi connectivity index (χ2v) is 4.51. The summed E-state index contributed by atoms with van der Waals surface area (Å²) in [6, 6.07) is 1.70. The number of ether oxygens (including phenoxy) is 1. The van der Waals surface area contributed by atoms with Gasteiger partial charge in [0.1, 0.15) is 5.75 Å². The molecule has 16 heavy (non-hydrogen) atoms. The Bertz CT molecular complexity index is 400. The first-order valence-corrected chi connectivity index (χ1v) is 5.80. The Morgan fingerprint density at radius 3 is 2.88 bits per heavy atom. The van der Waals surface area contributed by atoms with Crippen molar-refractivity contribution in [3.8, 4) is 5.75 Å². The molecule has 0 aliphatic carbocycles. The first-order chi connectivity index (χ1) is 7.61. The van der Waals surface area contributed by atoms with Gasteiger partial charge in [-0.15, -0.1) is 0 Å². The highest BCUT2D eigenvalue weighted by Gasteiger charge is 2.23. The van der Waals surface area contributed by atoms with Crippen molar-refractivity contribution in [1.29, 1.82) is 0 Å². The van der Waals surface area contributed by atoms with Crippen LogP contribution >= 0.6 is 11.6 Å². The van der Waals surface area contributed by atoms with Crippen molar-refractivity contribution in [2.45, 2.75) is 20.0 Å². The molecule has 1 fully saturated rings. The van der Waals surface area contributed by atoms with Crippen molar-refractivity contribution in [3.63, 3.8) is 0 Å². The molecule has 1 atom stereocenters. The Hall–Kier alpha value is -0.770. The maximum absolute atomic E-state index is 9.98. The summed E-state index contributed by atoms with van der Waals surface area (Å²) in [5.74, 6) is 0.271. The van der Waals surface area contributed by atoms with Crippen molar-refractivity contribution in [2.75, 3.05) is 19.7 Å². The molecular weight excluding hydrogens is 226 g/mol. The molecule has 1 aliphatic rings. The van der Waals surface area contributed by atoms with Gasteiger partial charge in [0.15, 0.2) is 0 Å². The quantitative estimate of drug-likeness (QED) is 0.793. The van der Waals surface area contributed by atoms with Crippen LogP contribution in [0.1, 0.15) is 22.8 Å². The topological polar surface area (TPSA) is 41.5 Å². The lowest BCUT2D eigenvalue weighted by molar-refractivity contribution is 0.0259. The first kappa shape index (κ1) is 11.7. The lowest BCUT2D eigenvalue weighted by atomic mass is 9.98. The number of aromatic hydroxyl groups is 1. The summed E-state index contributed by atoms with van der Waals surface area (Å²) >= 11 is 6.19. The van der Waals surface area contributed by atoms with E-state index < -0.39 is 0 Å². The second kappa shape index (κ2) is 4.62. The van der Waals surface area contributed by atoms with E-state index >= 15 is 0 Å².